The topological polar surface area (TPSA) is 83.5 Å². The fourth-order valence-corrected chi connectivity index (χ4v) is 4.42. The number of likely N-dealkylation sites (N-methyl/N-ethyl adjacent to an activating group) is 1. The fraction of sp³-hybridized carbons (Fsp3) is 0.714. The molecule has 8 nitrogen and oxygen atoms in total. The van der Waals surface area contributed by atoms with E-state index in [-0.39, 0.29) is 19.1 Å². The van der Waals surface area contributed by atoms with Gasteiger partial charge in [-0.25, -0.2) is 9.59 Å². The third kappa shape index (κ3) is 7.41. The first-order chi connectivity index (χ1) is 17.1. The standard InChI is InChI=1S/C28H44BNO7/c1-19-18-20(29-36-27(5,6)28(7,8)37-29)14-15-23(19)33-17-16-22(24(31)34-21-12-10-11-13-21)30(9)25(32)35-26(2,3)4/h14-15,18,21-22H,10-13,16-17H2,1-9H3/t22-/m0/s1. The van der Waals surface area contributed by atoms with Gasteiger partial charge in [-0.3, -0.25) is 4.90 Å². The molecule has 1 saturated heterocycles. The lowest BCUT2D eigenvalue weighted by atomic mass is 9.78. The largest absolute Gasteiger partial charge is 0.494 e. The van der Waals surface area contributed by atoms with Crippen molar-refractivity contribution in [2.45, 2.75) is 116 Å². The van der Waals surface area contributed by atoms with Crippen molar-refractivity contribution in [3.05, 3.63) is 23.8 Å². The van der Waals surface area contributed by atoms with E-state index in [1.54, 1.807) is 27.8 Å². The SMILES string of the molecule is Cc1cc(B2OC(C)(C)C(C)(C)O2)ccc1OCC[C@@H](C(=O)OC1CCCC1)N(C)C(=O)OC(C)(C)C. The molecular weight excluding hydrogens is 473 g/mol. The van der Waals surface area contributed by atoms with E-state index in [9.17, 15) is 9.59 Å². The van der Waals surface area contributed by atoms with Crippen LogP contribution >= 0.6 is 0 Å². The molecule has 1 aromatic carbocycles. The molecule has 1 amide bonds. The maximum absolute atomic E-state index is 13.1. The van der Waals surface area contributed by atoms with Gasteiger partial charge in [0.25, 0.3) is 0 Å². The minimum absolute atomic E-state index is 0.0901. The monoisotopic (exact) mass is 517 g/mol. The number of amides is 1. The van der Waals surface area contributed by atoms with Crippen LogP contribution in [0.1, 0.15) is 86.1 Å². The highest BCUT2D eigenvalue weighted by Gasteiger charge is 2.51. The average Bonchev–Trinajstić information content (AvgIpc) is 3.35. The number of esters is 1. The van der Waals surface area contributed by atoms with Gasteiger partial charge in [0, 0.05) is 13.5 Å². The lowest BCUT2D eigenvalue weighted by Gasteiger charge is -2.32. The second-order valence-corrected chi connectivity index (χ2v) is 12.2. The van der Waals surface area contributed by atoms with E-state index in [4.69, 9.17) is 23.5 Å². The predicted octanol–water partition coefficient (Wildman–Crippen LogP) is 4.78. The number of aryl methyl sites for hydroxylation is 1. The van der Waals surface area contributed by atoms with Crippen molar-refractivity contribution in [2.24, 2.45) is 0 Å². The molecule has 0 aromatic heterocycles. The predicted molar refractivity (Wildman–Crippen MR) is 143 cm³/mol. The number of hydrogen-bond acceptors (Lipinski definition) is 7. The van der Waals surface area contributed by atoms with Crippen LogP contribution in [0.3, 0.4) is 0 Å². The summed E-state index contributed by atoms with van der Waals surface area (Å²) >= 11 is 0. The van der Waals surface area contributed by atoms with Crippen LogP contribution < -0.4 is 10.2 Å². The molecule has 37 heavy (non-hydrogen) atoms. The summed E-state index contributed by atoms with van der Waals surface area (Å²) in [5.41, 5.74) is 0.355. The maximum atomic E-state index is 13.1. The third-order valence-electron chi connectivity index (χ3n) is 7.38. The minimum atomic E-state index is -0.806. The van der Waals surface area contributed by atoms with Crippen LogP contribution in [0.15, 0.2) is 18.2 Å². The van der Waals surface area contributed by atoms with E-state index in [1.807, 2.05) is 52.8 Å². The summed E-state index contributed by atoms with van der Waals surface area (Å²) in [6.45, 7) is 15.7. The van der Waals surface area contributed by atoms with E-state index in [0.29, 0.717) is 5.75 Å². The summed E-state index contributed by atoms with van der Waals surface area (Å²) in [5, 5.41) is 0. The van der Waals surface area contributed by atoms with Gasteiger partial charge in [-0.15, -0.1) is 0 Å². The van der Waals surface area contributed by atoms with Crippen molar-refractivity contribution in [1.82, 2.24) is 4.90 Å². The van der Waals surface area contributed by atoms with Gasteiger partial charge < -0.3 is 23.5 Å². The number of nitrogens with zero attached hydrogens (tertiary/aromatic N) is 1. The second-order valence-electron chi connectivity index (χ2n) is 12.2. The molecule has 1 saturated carbocycles. The summed E-state index contributed by atoms with van der Waals surface area (Å²) in [5.74, 6) is 0.278. The lowest BCUT2D eigenvalue weighted by Crippen LogP contribution is -2.46. The zero-order chi connectivity index (χ0) is 27.6. The van der Waals surface area contributed by atoms with Crippen LogP contribution in [0.25, 0.3) is 0 Å². The molecule has 9 heteroatoms. The molecule has 0 N–H and O–H groups in total. The Morgan fingerprint density at radius 3 is 2.24 bits per heavy atom. The molecule has 3 rings (SSSR count). The molecule has 1 heterocycles. The summed E-state index contributed by atoms with van der Waals surface area (Å²) in [6.07, 6.45) is 3.44. The van der Waals surface area contributed by atoms with Gasteiger partial charge in [-0.05, 0) is 98.2 Å². The van der Waals surface area contributed by atoms with Crippen LogP contribution in [0, 0.1) is 6.92 Å². The number of rotatable bonds is 8. The van der Waals surface area contributed by atoms with Gasteiger partial charge in [0.05, 0.1) is 17.8 Å². The molecule has 0 radical (unpaired) electrons. The van der Waals surface area contributed by atoms with Crippen molar-refractivity contribution in [2.75, 3.05) is 13.7 Å². The first-order valence-corrected chi connectivity index (χ1v) is 13.3. The molecule has 1 aliphatic carbocycles. The van der Waals surface area contributed by atoms with Crippen molar-refractivity contribution < 1.29 is 33.1 Å². The summed E-state index contributed by atoms with van der Waals surface area (Å²) in [4.78, 5) is 27.1. The van der Waals surface area contributed by atoms with Crippen LogP contribution in [0.4, 0.5) is 4.79 Å². The zero-order valence-corrected chi connectivity index (χ0v) is 24.0. The zero-order valence-electron chi connectivity index (χ0n) is 24.0. The van der Waals surface area contributed by atoms with Crippen LogP contribution in [-0.2, 0) is 23.6 Å². The Kier molecular flexibility index (Phi) is 8.90. The Labute approximate surface area is 222 Å². The third-order valence-corrected chi connectivity index (χ3v) is 7.38. The Balaban J connectivity index is 1.65. The average molecular weight is 517 g/mol. The van der Waals surface area contributed by atoms with Crippen LogP contribution in [-0.4, -0.2) is 66.7 Å². The van der Waals surface area contributed by atoms with Crippen molar-refractivity contribution in [3.63, 3.8) is 0 Å². The molecule has 0 unspecified atom stereocenters. The van der Waals surface area contributed by atoms with Crippen molar-refractivity contribution in [1.29, 1.82) is 0 Å². The summed E-state index contributed by atoms with van der Waals surface area (Å²) in [6, 6.07) is 5.01. The van der Waals surface area contributed by atoms with Gasteiger partial charge in [-0.1, -0.05) is 12.1 Å². The van der Waals surface area contributed by atoms with E-state index in [2.05, 4.69) is 0 Å². The molecule has 1 atom stereocenters. The van der Waals surface area contributed by atoms with Gasteiger partial charge in [0.15, 0.2) is 0 Å². The molecular formula is C28H44BNO7. The lowest BCUT2D eigenvalue weighted by molar-refractivity contribution is -0.155. The van der Waals surface area contributed by atoms with Crippen LogP contribution in [0.2, 0.25) is 0 Å². The Bertz CT molecular complexity index is 950. The fourth-order valence-electron chi connectivity index (χ4n) is 4.42. The first-order valence-electron chi connectivity index (χ1n) is 13.3. The first kappa shape index (κ1) is 29.3. The van der Waals surface area contributed by atoms with Gasteiger partial charge in [0.2, 0.25) is 0 Å². The number of carbonyl (C=O) groups is 2. The molecule has 1 aliphatic heterocycles. The maximum Gasteiger partial charge on any atom is 0.494 e. The van der Waals surface area contributed by atoms with Crippen molar-refractivity contribution in [3.8, 4) is 5.75 Å². The van der Waals surface area contributed by atoms with Gasteiger partial charge in [-0.2, -0.15) is 0 Å². The quantitative estimate of drug-likeness (QED) is 0.362. The molecule has 0 spiro atoms. The Morgan fingerprint density at radius 2 is 1.70 bits per heavy atom. The van der Waals surface area contributed by atoms with E-state index in [0.717, 1.165) is 36.7 Å². The highest BCUT2D eigenvalue weighted by atomic mass is 16.7. The number of hydrogen-bond donors (Lipinski definition) is 0. The molecule has 0 bridgehead atoms. The van der Waals surface area contributed by atoms with Crippen LogP contribution in [0.5, 0.6) is 5.75 Å². The van der Waals surface area contributed by atoms with Crippen molar-refractivity contribution >= 4 is 24.6 Å². The van der Waals surface area contributed by atoms with Gasteiger partial charge in [0.1, 0.15) is 23.5 Å². The smallest absolute Gasteiger partial charge is 0.493 e. The van der Waals surface area contributed by atoms with E-state index in [1.165, 1.54) is 4.90 Å². The normalized spacial score (nSPS) is 20.0. The highest BCUT2D eigenvalue weighted by molar-refractivity contribution is 6.62. The number of ether oxygens (including phenoxy) is 3. The number of benzene rings is 1. The van der Waals surface area contributed by atoms with E-state index < -0.39 is 42.0 Å². The molecule has 2 aliphatic rings. The molecule has 2 fully saturated rings. The minimum Gasteiger partial charge on any atom is -0.493 e. The molecule has 206 valence electrons. The second kappa shape index (κ2) is 11.2. The Morgan fingerprint density at radius 1 is 1.11 bits per heavy atom. The van der Waals surface area contributed by atoms with Gasteiger partial charge >= 0.3 is 19.2 Å². The number of carbonyl (C=O) groups excluding carboxylic acids is 2. The van der Waals surface area contributed by atoms with E-state index >= 15 is 0 Å². The molecule has 1 aromatic rings. The summed E-state index contributed by atoms with van der Waals surface area (Å²) < 4.78 is 29.6. The summed E-state index contributed by atoms with van der Waals surface area (Å²) in [7, 11) is 1.12. The highest BCUT2D eigenvalue weighted by Crippen LogP contribution is 2.36. The Hall–Kier alpha value is -2.26.